The smallest absolute Gasteiger partial charge is 0.341 e. The van der Waals surface area contributed by atoms with Crippen LogP contribution in [0.4, 0.5) is 0 Å². The number of allylic oxidation sites excluding steroid dienone is 3. The van der Waals surface area contributed by atoms with Gasteiger partial charge in [-0.15, -0.1) is 6.58 Å². The van der Waals surface area contributed by atoms with Gasteiger partial charge in [0.05, 0.1) is 46.7 Å². The molecule has 3 heterocycles. The topological polar surface area (TPSA) is 196 Å². The van der Waals surface area contributed by atoms with Crippen molar-refractivity contribution in [3.63, 3.8) is 0 Å². The number of aliphatic carboxylic acids is 1. The van der Waals surface area contributed by atoms with Crippen molar-refractivity contribution in [1.29, 1.82) is 0 Å². The Hall–Kier alpha value is -4.79. The number of nitrogens with one attached hydrogen (secondary N) is 1. The van der Waals surface area contributed by atoms with E-state index in [4.69, 9.17) is 19.2 Å². The number of aromatic nitrogens is 1. The highest BCUT2D eigenvalue weighted by Gasteiger charge is 2.61. The lowest BCUT2D eigenvalue weighted by molar-refractivity contribution is -0.156. The number of amides is 2. The van der Waals surface area contributed by atoms with Gasteiger partial charge >= 0.3 is 11.9 Å². The normalized spacial score (nSPS) is 30.6. The summed E-state index contributed by atoms with van der Waals surface area (Å²) >= 11 is 0. The van der Waals surface area contributed by atoms with Gasteiger partial charge in [-0.05, 0) is 101 Å². The number of ether oxygens (including phenoxy) is 3. The van der Waals surface area contributed by atoms with Crippen molar-refractivity contribution in [3.05, 3.63) is 54.6 Å². The molecule has 5 fully saturated rings. The highest BCUT2D eigenvalue weighted by molar-refractivity contribution is 7.90. The summed E-state index contributed by atoms with van der Waals surface area (Å²) in [6, 6.07) is 6.14. The van der Waals surface area contributed by atoms with Gasteiger partial charge in [-0.2, -0.15) is 0 Å². The number of hydrogen-bond acceptors (Lipinski definition) is 11. The molecule has 2 amide bonds. The van der Waals surface area contributed by atoms with E-state index in [1.807, 2.05) is 12.1 Å². The maximum Gasteiger partial charge on any atom is 0.341 e. The molecule has 0 unspecified atom stereocenters. The molecular formula is C45H55N3O11S. The highest BCUT2D eigenvalue weighted by atomic mass is 32.2. The Morgan fingerprint density at radius 2 is 1.77 bits per heavy atom. The second kappa shape index (κ2) is 17.3. The second-order valence-electron chi connectivity index (χ2n) is 17.8. The van der Waals surface area contributed by atoms with Crippen molar-refractivity contribution in [1.82, 2.24) is 14.6 Å². The average molecular weight is 846 g/mol. The molecule has 2 aliphatic heterocycles. The Kier molecular flexibility index (Phi) is 12.1. The summed E-state index contributed by atoms with van der Waals surface area (Å²) in [7, 11) is -3.89. The molecule has 1 aromatic heterocycles. The van der Waals surface area contributed by atoms with Crippen molar-refractivity contribution in [2.24, 2.45) is 29.1 Å². The number of Topliss-reactive ketones (excluding diaryl/α,β-unsaturated/α-hetero) is 1. The largest absolute Gasteiger partial charge is 0.481 e. The highest BCUT2D eigenvalue weighted by Crippen LogP contribution is 2.57. The lowest BCUT2D eigenvalue weighted by atomic mass is 9.86. The standard InChI is InChI=1S/C45H55N3O11S/c1-2-29-23-45(29,44(54)47-60(55,56)31-19-20-31)24-37(49)36-21-30-25-48(36)43(53)34(27-11-6-7-12-27)22-40(52)59-38-18-10-14-28(38)13-4-3-5-16-33-41(57-26-39(50)51)32-15-8-9-17-35(32)46-42(33)58-30/h2-3,5,8-9,15,17,27-31,34,36,38H,1,4,6-7,10-14,16,18-26H2,(H,47,54)(H,50,51)/b5-3+/t28-,29-,30-,34+,36+,38-,45-/m1/s1. The molecule has 15 heteroatoms. The molecule has 2 bridgehead atoms. The summed E-state index contributed by atoms with van der Waals surface area (Å²) in [4.78, 5) is 75.4. The molecule has 14 nitrogen and oxygen atoms in total. The Morgan fingerprint density at radius 1 is 1.00 bits per heavy atom. The number of carbonyl (C=O) groups is 5. The third-order valence-corrected chi connectivity index (χ3v) is 15.6. The van der Waals surface area contributed by atoms with Crippen LogP contribution in [0.3, 0.4) is 0 Å². The fourth-order valence-electron chi connectivity index (χ4n) is 10.2. The van der Waals surface area contributed by atoms with Crippen molar-refractivity contribution in [2.45, 2.75) is 126 Å². The Morgan fingerprint density at radius 3 is 2.50 bits per heavy atom. The lowest BCUT2D eigenvalue weighted by Crippen LogP contribution is -2.47. The minimum atomic E-state index is -3.89. The number of fused-ring (bicyclic) bond motifs is 5. The minimum Gasteiger partial charge on any atom is -0.481 e. The van der Waals surface area contributed by atoms with E-state index >= 15 is 4.79 Å². The van der Waals surface area contributed by atoms with Crippen LogP contribution >= 0.6 is 0 Å². The SMILES string of the molecule is C=C[C@@H]1C[C@]1(CC(=O)[C@@H]1C[C@@H]2CN1C(=O)[C@H](C1CCCC1)CC(=O)O[C@@H]1CCC[C@H]1CC/C=C/Cc1c(nc3ccccc3c1OCC(=O)O)O2)C(=O)NS(=O)(=O)C1CC1. The van der Waals surface area contributed by atoms with Crippen LogP contribution in [-0.2, 0) is 45.2 Å². The monoisotopic (exact) mass is 845 g/mol. The van der Waals surface area contributed by atoms with Crippen LogP contribution in [0.15, 0.2) is 49.1 Å². The molecule has 2 N–H and O–H groups in total. The van der Waals surface area contributed by atoms with Gasteiger partial charge in [-0.1, -0.05) is 43.2 Å². The van der Waals surface area contributed by atoms with Gasteiger partial charge in [0.15, 0.2) is 12.4 Å². The number of carbonyl (C=O) groups excluding carboxylic acids is 4. The zero-order chi connectivity index (χ0) is 42.2. The maximum absolute atomic E-state index is 15.0. The van der Waals surface area contributed by atoms with Crippen molar-refractivity contribution in [3.8, 4) is 11.6 Å². The molecule has 1 aromatic carbocycles. The number of sulfonamides is 1. The molecule has 1 saturated heterocycles. The van der Waals surface area contributed by atoms with E-state index in [9.17, 15) is 32.7 Å². The number of pyridine rings is 1. The van der Waals surface area contributed by atoms with Crippen molar-refractivity contribution in [2.75, 3.05) is 13.2 Å². The van der Waals surface area contributed by atoms with Gasteiger partial charge in [0, 0.05) is 18.2 Å². The van der Waals surface area contributed by atoms with Gasteiger partial charge in [-0.25, -0.2) is 18.2 Å². The Bertz CT molecular complexity index is 2180. The maximum atomic E-state index is 15.0. The van der Waals surface area contributed by atoms with Gasteiger partial charge in [0.25, 0.3) is 0 Å². The molecule has 4 saturated carbocycles. The van der Waals surface area contributed by atoms with E-state index in [-0.39, 0.29) is 68.4 Å². The third-order valence-electron chi connectivity index (χ3n) is 13.7. The van der Waals surface area contributed by atoms with Crippen LogP contribution in [0, 0.1) is 29.1 Å². The number of benzene rings is 1. The summed E-state index contributed by atoms with van der Waals surface area (Å²) in [5.41, 5.74) is -0.300. The van der Waals surface area contributed by atoms with Gasteiger partial charge in [0.1, 0.15) is 18.0 Å². The van der Waals surface area contributed by atoms with E-state index in [2.05, 4.69) is 17.4 Å². The van der Waals surface area contributed by atoms with E-state index in [1.54, 1.807) is 24.3 Å². The van der Waals surface area contributed by atoms with Gasteiger partial charge in [0.2, 0.25) is 27.7 Å². The van der Waals surface area contributed by atoms with Crippen LogP contribution in [-0.4, -0.2) is 89.6 Å². The zero-order valence-corrected chi connectivity index (χ0v) is 34.7. The number of esters is 1. The second-order valence-corrected chi connectivity index (χ2v) is 19.7. The number of ketones is 1. The third kappa shape index (κ3) is 8.82. The van der Waals surface area contributed by atoms with Crippen LogP contribution in [0.1, 0.15) is 102 Å². The molecule has 4 aliphatic carbocycles. The first-order chi connectivity index (χ1) is 28.9. The van der Waals surface area contributed by atoms with E-state index < -0.39 is 74.9 Å². The molecule has 322 valence electrons. The van der Waals surface area contributed by atoms with E-state index in [0.717, 1.165) is 57.8 Å². The number of carboxylic acids is 1. The molecule has 8 rings (SSSR count). The van der Waals surface area contributed by atoms with Gasteiger partial charge < -0.3 is 24.2 Å². The first-order valence-corrected chi connectivity index (χ1v) is 23.2. The minimum absolute atomic E-state index is 0.0204. The zero-order valence-electron chi connectivity index (χ0n) is 33.9. The van der Waals surface area contributed by atoms with Crippen molar-refractivity contribution < 1.29 is 51.7 Å². The van der Waals surface area contributed by atoms with Crippen LogP contribution in [0.2, 0.25) is 0 Å². The molecule has 0 spiro atoms. The number of para-hydroxylation sites is 1. The molecule has 6 aliphatic rings. The summed E-state index contributed by atoms with van der Waals surface area (Å²) in [5.74, 6) is -3.64. The summed E-state index contributed by atoms with van der Waals surface area (Å²) in [6.45, 7) is 3.23. The summed E-state index contributed by atoms with van der Waals surface area (Å²) in [5, 5.41) is 9.60. The summed E-state index contributed by atoms with van der Waals surface area (Å²) < 4.78 is 46.8. The molecule has 7 atom stereocenters. The van der Waals surface area contributed by atoms with Gasteiger partial charge in [-0.3, -0.25) is 23.9 Å². The first kappa shape index (κ1) is 41.9. The predicted molar refractivity (Wildman–Crippen MR) is 219 cm³/mol. The molecule has 2 aromatic rings. The van der Waals surface area contributed by atoms with E-state index in [0.29, 0.717) is 35.1 Å². The number of nitrogens with zero attached hydrogens (tertiary/aromatic N) is 2. The van der Waals surface area contributed by atoms with Crippen LogP contribution < -0.4 is 14.2 Å². The predicted octanol–water partition coefficient (Wildman–Crippen LogP) is 5.61. The fourth-order valence-corrected chi connectivity index (χ4v) is 11.6. The molecular weight excluding hydrogens is 791 g/mol. The van der Waals surface area contributed by atoms with Crippen LogP contribution in [0.5, 0.6) is 11.6 Å². The number of hydrogen-bond donors (Lipinski definition) is 2. The first-order valence-electron chi connectivity index (χ1n) is 21.7. The number of rotatable bonds is 11. The van der Waals surface area contributed by atoms with E-state index in [1.165, 1.54) is 4.90 Å². The van der Waals surface area contributed by atoms with Crippen molar-refractivity contribution >= 4 is 50.5 Å². The fraction of sp³-hybridized carbons (Fsp3) is 0.600. The molecule has 0 radical (unpaired) electrons. The Balaban J connectivity index is 1.16. The number of carboxylic acid groups (broad SMARTS) is 1. The molecule has 60 heavy (non-hydrogen) atoms. The quantitative estimate of drug-likeness (QED) is 0.210. The summed E-state index contributed by atoms with van der Waals surface area (Å²) in [6.07, 6.45) is 13.2. The Labute approximate surface area is 350 Å². The van der Waals surface area contributed by atoms with Crippen LogP contribution in [0.25, 0.3) is 10.9 Å². The lowest BCUT2D eigenvalue weighted by Gasteiger charge is -2.31. The average Bonchev–Trinajstić information content (AvgIpc) is 4.01.